The first-order valence-corrected chi connectivity index (χ1v) is 8.15. The largest absolute Gasteiger partial charge is 0.326 e. The summed E-state index contributed by atoms with van der Waals surface area (Å²) >= 11 is 0. The van der Waals surface area contributed by atoms with E-state index in [1.807, 2.05) is 65.4 Å². The lowest BCUT2D eigenvalue weighted by molar-refractivity contribution is -0.114. The summed E-state index contributed by atoms with van der Waals surface area (Å²) in [6, 6.07) is 17.1. The van der Waals surface area contributed by atoms with Crippen LogP contribution in [0.4, 0.5) is 5.69 Å². The van der Waals surface area contributed by atoms with Gasteiger partial charge in [0.1, 0.15) is 11.0 Å². The molecule has 128 valence electrons. The van der Waals surface area contributed by atoms with Crippen molar-refractivity contribution in [2.45, 2.75) is 6.92 Å². The molecule has 0 aliphatic rings. The Morgan fingerprint density at radius 2 is 1.92 bits per heavy atom. The van der Waals surface area contributed by atoms with Gasteiger partial charge >= 0.3 is 0 Å². The SMILES string of the molecule is CC(=O)Nc1cccc(-c2cn(-c3ccccc3)c3c(=O)[nH]cnc23)c1. The molecule has 2 aromatic carbocycles. The van der Waals surface area contributed by atoms with Crippen LogP contribution in [0.25, 0.3) is 27.8 Å². The molecule has 4 rings (SSSR count). The number of rotatable bonds is 3. The van der Waals surface area contributed by atoms with Crippen molar-refractivity contribution in [3.05, 3.63) is 77.5 Å². The summed E-state index contributed by atoms with van der Waals surface area (Å²) in [6.45, 7) is 1.47. The summed E-state index contributed by atoms with van der Waals surface area (Å²) in [7, 11) is 0. The summed E-state index contributed by atoms with van der Waals surface area (Å²) in [5.74, 6) is -0.136. The molecular weight excluding hydrogens is 328 g/mol. The molecule has 0 fully saturated rings. The minimum absolute atomic E-state index is 0.136. The molecule has 0 unspecified atom stereocenters. The molecule has 0 saturated heterocycles. The standard InChI is InChI=1S/C20H16N4O2/c1-13(25)23-15-7-5-6-14(10-15)17-11-24(16-8-3-2-4-9-16)19-18(17)21-12-22-20(19)26/h2-12H,1H3,(H,23,25)(H,21,22,26). The van der Waals surface area contributed by atoms with Crippen LogP contribution < -0.4 is 10.9 Å². The highest BCUT2D eigenvalue weighted by Gasteiger charge is 2.15. The fourth-order valence-electron chi connectivity index (χ4n) is 3.04. The Morgan fingerprint density at radius 1 is 1.12 bits per heavy atom. The van der Waals surface area contributed by atoms with Crippen LogP contribution in [0.3, 0.4) is 0 Å². The van der Waals surface area contributed by atoms with Gasteiger partial charge in [0.15, 0.2) is 0 Å². The second-order valence-corrected chi connectivity index (χ2v) is 5.94. The number of anilines is 1. The minimum atomic E-state index is -0.205. The van der Waals surface area contributed by atoms with Gasteiger partial charge in [0.25, 0.3) is 5.56 Å². The molecule has 6 heteroatoms. The molecule has 1 amide bonds. The molecule has 26 heavy (non-hydrogen) atoms. The zero-order valence-electron chi connectivity index (χ0n) is 14.1. The van der Waals surface area contributed by atoms with E-state index in [0.29, 0.717) is 16.7 Å². The van der Waals surface area contributed by atoms with E-state index in [9.17, 15) is 9.59 Å². The molecule has 2 aromatic heterocycles. The van der Waals surface area contributed by atoms with Crippen molar-refractivity contribution >= 4 is 22.6 Å². The van der Waals surface area contributed by atoms with Gasteiger partial charge in [-0.15, -0.1) is 0 Å². The quantitative estimate of drug-likeness (QED) is 0.598. The van der Waals surface area contributed by atoms with Gasteiger partial charge in [-0.1, -0.05) is 30.3 Å². The van der Waals surface area contributed by atoms with E-state index < -0.39 is 0 Å². The third-order valence-corrected chi connectivity index (χ3v) is 4.11. The van der Waals surface area contributed by atoms with E-state index in [0.717, 1.165) is 16.8 Å². The lowest BCUT2D eigenvalue weighted by Crippen LogP contribution is -2.09. The lowest BCUT2D eigenvalue weighted by atomic mass is 10.1. The first-order chi connectivity index (χ1) is 12.6. The van der Waals surface area contributed by atoms with Crippen LogP contribution in [0.15, 0.2) is 71.9 Å². The number of nitrogens with zero attached hydrogens (tertiary/aromatic N) is 2. The highest BCUT2D eigenvalue weighted by Crippen LogP contribution is 2.31. The number of fused-ring (bicyclic) bond motifs is 1. The molecule has 6 nitrogen and oxygen atoms in total. The number of aromatic amines is 1. The summed E-state index contributed by atoms with van der Waals surface area (Å²) in [4.78, 5) is 30.8. The number of H-pyrrole nitrogens is 1. The highest BCUT2D eigenvalue weighted by atomic mass is 16.1. The number of carbonyl (C=O) groups is 1. The average Bonchev–Trinajstić information content (AvgIpc) is 3.03. The maximum atomic E-state index is 12.5. The maximum Gasteiger partial charge on any atom is 0.275 e. The van der Waals surface area contributed by atoms with Gasteiger partial charge in [0.05, 0.1) is 6.33 Å². The Morgan fingerprint density at radius 3 is 2.69 bits per heavy atom. The van der Waals surface area contributed by atoms with E-state index in [1.165, 1.54) is 13.3 Å². The zero-order valence-corrected chi connectivity index (χ0v) is 14.1. The predicted octanol–water partition coefficient (Wildman–Crippen LogP) is 3.34. The highest BCUT2D eigenvalue weighted by molar-refractivity contribution is 5.95. The Kier molecular flexibility index (Phi) is 3.85. The number of hydrogen-bond donors (Lipinski definition) is 2. The molecule has 2 heterocycles. The Labute approximate surface area is 149 Å². The number of benzene rings is 2. The van der Waals surface area contributed by atoms with Crippen LogP contribution in [0, 0.1) is 0 Å². The van der Waals surface area contributed by atoms with Crippen molar-refractivity contribution < 1.29 is 4.79 Å². The van der Waals surface area contributed by atoms with Crippen LogP contribution in [-0.4, -0.2) is 20.4 Å². The summed E-state index contributed by atoms with van der Waals surface area (Å²) in [5, 5.41) is 2.78. The second kappa shape index (κ2) is 6.33. The molecule has 0 bridgehead atoms. The monoisotopic (exact) mass is 344 g/mol. The van der Waals surface area contributed by atoms with Crippen LogP contribution in [-0.2, 0) is 4.79 Å². The molecule has 0 aliphatic heterocycles. The molecule has 0 spiro atoms. The van der Waals surface area contributed by atoms with Crippen LogP contribution in [0.2, 0.25) is 0 Å². The Balaban J connectivity index is 1.96. The second-order valence-electron chi connectivity index (χ2n) is 5.94. The van der Waals surface area contributed by atoms with Gasteiger partial charge in [-0.25, -0.2) is 4.98 Å². The fraction of sp³-hybridized carbons (Fsp3) is 0.0500. The van der Waals surface area contributed by atoms with E-state index >= 15 is 0 Å². The summed E-state index contributed by atoms with van der Waals surface area (Å²) in [6.07, 6.45) is 3.30. The Bertz CT molecular complexity index is 1160. The van der Waals surface area contributed by atoms with Gasteiger partial charge < -0.3 is 14.9 Å². The third-order valence-electron chi connectivity index (χ3n) is 4.11. The normalized spacial score (nSPS) is 10.8. The first-order valence-electron chi connectivity index (χ1n) is 8.15. The maximum absolute atomic E-state index is 12.5. The summed E-state index contributed by atoms with van der Waals surface area (Å²) < 4.78 is 1.83. The average molecular weight is 344 g/mol. The molecule has 0 atom stereocenters. The zero-order chi connectivity index (χ0) is 18.1. The third kappa shape index (κ3) is 2.77. The van der Waals surface area contributed by atoms with Crippen LogP contribution >= 0.6 is 0 Å². The first kappa shape index (κ1) is 15.8. The molecule has 0 aliphatic carbocycles. The lowest BCUT2D eigenvalue weighted by Gasteiger charge is -2.05. The van der Waals surface area contributed by atoms with Gasteiger partial charge in [0, 0.05) is 30.1 Å². The van der Waals surface area contributed by atoms with Gasteiger partial charge in [-0.2, -0.15) is 0 Å². The van der Waals surface area contributed by atoms with E-state index in [2.05, 4.69) is 15.3 Å². The Hall–Kier alpha value is -3.67. The van der Waals surface area contributed by atoms with Crippen LogP contribution in [0.5, 0.6) is 0 Å². The summed E-state index contributed by atoms with van der Waals surface area (Å²) in [5.41, 5.74) is 4.15. The van der Waals surface area contributed by atoms with Crippen molar-refractivity contribution in [3.8, 4) is 16.8 Å². The number of para-hydroxylation sites is 1. The number of carbonyl (C=O) groups excluding carboxylic acids is 1. The number of nitrogens with one attached hydrogen (secondary N) is 2. The molecule has 0 saturated carbocycles. The molecule has 2 N–H and O–H groups in total. The smallest absolute Gasteiger partial charge is 0.275 e. The van der Waals surface area contributed by atoms with Crippen molar-refractivity contribution in [2.24, 2.45) is 0 Å². The number of hydrogen-bond acceptors (Lipinski definition) is 3. The van der Waals surface area contributed by atoms with Gasteiger partial charge in [-0.05, 0) is 29.8 Å². The van der Waals surface area contributed by atoms with Crippen molar-refractivity contribution in [1.29, 1.82) is 0 Å². The minimum Gasteiger partial charge on any atom is -0.326 e. The van der Waals surface area contributed by atoms with E-state index in [-0.39, 0.29) is 11.5 Å². The van der Waals surface area contributed by atoms with Crippen molar-refractivity contribution in [2.75, 3.05) is 5.32 Å². The molecule has 0 radical (unpaired) electrons. The van der Waals surface area contributed by atoms with Crippen molar-refractivity contribution in [3.63, 3.8) is 0 Å². The molecule has 4 aromatic rings. The molecular formula is C20H16N4O2. The number of amides is 1. The van der Waals surface area contributed by atoms with Gasteiger partial charge in [0.2, 0.25) is 5.91 Å². The predicted molar refractivity (Wildman–Crippen MR) is 101 cm³/mol. The topological polar surface area (TPSA) is 79.8 Å². The van der Waals surface area contributed by atoms with E-state index in [1.54, 1.807) is 0 Å². The number of aromatic nitrogens is 3. The fourth-order valence-corrected chi connectivity index (χ4v) is 3.04. The van der Waals surface area contributed by atoms with Gasteiger partial charge in [-0.3, -0.25) is 9.59 Å². The van der Waals surface area contributed by atoms with Crippen LogP contribution in [0.1, 0.15) is 6.92 Å². The van der Waals surface area contributed by atoms with E-state index in [4.69, 9.17) is 0 Å². The van der Waals surface area contributed by atoms with Crippen molar-refractivity contribution in [1.82, 2.24) is 14.5 Å².